The summed E-state index contributed by atoms with van der Waals surface area (Å²) in [4.78, 5) is 0. The average molecular weight is 385 g/mol. The summed E-state index contributed by atoms with van der Waals surface area (Å²) in [7, 11) is 0. The Hall–Kier alpha value is -0.230. The Morgan fingerprint density at radius 2 is 1.72 bits per heavy atom. The molecule has 0 saturated heterocycles. The Kier molecular flexibility index (Phi) is 5.98. The number of nitriles is 1. The molecule has 2 nitrogen and oxygen atoms in total. The van der Waals surface area contributed by atoms with Gasteiger partial charge >= 0.3 is 5.20 Å². The third kappa shape index (κ3) is 5.61. The molecule has 2 aromatic rings. The second-order valence-corrected chi connectivity index (χ2v) is 10.7. The minimum Gasteiger partial charge on any atom is -0.271 e. The lowest BCUT2D eigenvalue weighted by atomic mass is 10.1. The molecule has 0 atom stereocenters. The fourth-order valence-corrected chi connectivity index (χ4v) is 1.94. The van der Waals surface area contributed by atoms with Crippen molar-refractivity contribution in [2.45, 2.75) is 0 Å². The molecule has 0 aliphatic rings. The molecule has 2 rings (SSSR count). The molecule has 0 heterocycles. The molecule has 0 aliphatic carbocycles. The third-order valence-corrected chi connectivity index (χ3v) is 2.60. The Balaban J connectivity index is 0.000000280. The van der Waals surface area contributed by atoms with Gasteiger partial charge in [-0.2, -0.15) is 5.26 Å². The SMILES string of the molecule is N#Cc1cc(Br)c2ccccc2c1.O=P(Cl)(Cl)Cl. The van der Waals surface area contributed by atoms with Gasteiger partial charge in [-0.15, -0.1) is 0 Å². The molecule has 0 amide bonds. The highest BCUT2D eigenvalue weighted by Crippen LogP contribution is 2.61. The summed E-state index contributed by atoms with van der Waals surface area (Å²) in [5.74, 6) is 0. The number of nitrogens with zero attached hydrogens (tertiary/aromatic N) is 1. The molecule has 0 aliphatic heterocycles. The lowest BCUT2D eigenvalue weighted by molar-refractivity contribution is 0.600. The summed E-state index contributed by atoms with van der Waals surface area (Å²) in [6, 6.07) is 13.8. The number of hydrogen-bond acceptors (Lipinski definition) is 2. The fraction of sp³-hybridized carbons (Fsp3) is 0. The molecule has 0 radical (unpaired) electrons. The van der Waals surface area contributed by atoms with Crippen LogP contribution >= 0.6 is 54.9 Å². The van der Waals surface area contributed by atoms with E-state index in [2.05, 4.69) is 55.7 Å². The lowest BCUT2D eigenvalue weighted by Gasteiger charge is -2.00. The number of benzene rings is 2. The van der Waals surface area contributed by atoms with Crippen LogP contribution in [0.1, 0.15) is 5.56 Å². The topological polar surface area (TPSA) is 40.9 Å². The zero-order valence-corrected chi connectivity index (χ0v) is 13.5. The first-order valence-electron chi connectivity index (χ1n) is 4.58. The maximum atomic E-state index is 9.51. The van der Waals surface area contributed by atoms with E-state index in [1.54, 1.807) is 0 Å². The van der Waals surface area contributed by atoms with Gasteiger partial charge in [0.1, 0.15) is 0 Å². The molecule has 0 fully saturated rings. The van der Waals surface area contributed by atoms with E-state index in [-0.39, 0.29) is 0 Å². The number of hydrogen-bond donors (Lipinski definition) is 0. The predicted octanol–water partition coefficient (Wildman–Crippen LogP) is 6.28. The highest BCUT2D eigenvalue weighted by Gasteiger charge is 2.03. The second kappa shape index (κ2) is 6.80. The van der Waals surface area contributed by atoms with Gasteiger partial charge in [-0.25, -0.2) is 0 Å². The number of fused-ring (bicyclic) bond motifs is 1. The normalized spacial score (nSPS) is 10.4. The first-order valence-corrected chi connectivity index (χ1v) is 9.80. The Morgan fingerprint density at radius 3 is 2.28 bits per heavy atom. The lowest BCUT2D eigenvalue weighted by Crippen LogP contribution is -1.78. The quantitative estimate of drug-likeness (QED) is 0.501. The van der Waals surface area contributed by atoms with Crippen molar-refractivity contribution in [2.75, 3.05) is 0 Å². The molecule has 0 unspecified atom stereocenters. The van der Waals surface area contributed by atoms with Crippen molar-refractivity contribution in [1.29, 1.82) is 5.26 Å². The van der Waals surface area contributed by atoms with Crippen molar-refractivity contribution in [3.63, 3.8) is 0 Å². The summed E-state index contributed by atoms with van der Waals surface area (Å²) < 4.78 is 10.5. The Labute approximate surface area is 127 Å². The van der Waals surface area contributed by atoms with Crippen LogP contribution in [0.2, 0.25) is 0 Å². The van der Waals surface area contributed by atoms with Gasteiger partial charge in [0.15, 0.2) is 0 Å². The van der Waals surface area contributed by atoms with Crippen LogP contribution in [0.5, 0.6) is 0 Å². The molecule has 2 aromatic carbocycles. The maximum Gasteiger partial charge on any atom is 0.339 e. The van der Waals surface area contributed by atoms with Crippen LogP contribution in [0.25, 0.3) is 10.8 Å². The van der Waals surface area contributed by atoms with E-state index in [1.165, 1.54) is 0 Å². The zero-order valence-electron chi connectivity index (χ0n) is 8.78. The van der Waals surface area contributed by atoms with Gasteiger partial charge < -0.3 is 0 Å². The average Bonchev–Trinajstić information content (AvgIpc) is 2.26. The standard InChI is InChI=1S/C11H6BrN.Cl3OP/c12-11-6-8(7-13)5-9-3-1-2-4-10(9)11;1-5(2,3)4/h1-6H;. The monoisotopic (exact) mass is 383 g/mol. The van der Waals surface area contributed by atoms with Gasteiger partial charge in [0, 0.05) is 4.47 Å². The summed E-state index contributed by atoms with van der Waals surface area (Å²) in [5, 5.41) is 7.76. The van der Waals surface area contributed by atoms with E-state index >= 15 is 0 Å². The second-order valence-electron chi connectivity index (χ2n) is 3.19. The van der Waals surface area contributed by atoms with Gasteiger partial charge in [-0.3, -0.25) is 4.57 Å². The maximum absolute atomic E-state index is 9.51. The van der Waals surface area contributed by atoms with Crippen molar-refractivity contribution < 1.29 is 4.57 Å². The van der Waals surface area contributed by atoms with Crippen molar-refractivity contribution in [3.8, 4) is 6.07 Å². The van der Waals surface area contributed by atoms with Gasteiger partial charge in [0.05, 0.1) is 11.6 Å². The van der Waals surface area contributed by atoms with Gasteiger partial charge in [-0.1, -0.05) is 40.2 Å². The molecule has 0 saturated carbocycles. The van der Waals surface area contributed by atoms with Crippen molar-refractivity contribution >= 4 is 65.6 Å². The highest BCUT2D eigenvalue weighted by atomic mass is 79.9. The van der Waals surface area contributed by atoms with Crippen LogP contribution in [-0.2, 0) is 4.57 Å². The van der Waals surface area contributed by atoms with E-state index in [0.717, 1.165) is 15.2 Å². The molecule has 0 N–H and O–H groups in total. The number of halogens is 4. The van der Waals surface area contributed by atoms with E-state index in [0.29, 0.717) is 5.56 Å². The predicted molar refractivity (Wildman–Crippen MR) is 81.5 cm³/mol. The molecular weight excluding hydrogens is 379 g/mol. The first-order chi connectivity index (χ1) is 8.31. The molecule has 0 bridgehead atoms. The molecule has 94 valence electrons. The molecule has 0 spiro atoms. The largest absolute Gasteiger partial charge is 0.339 e. The van der Waals surface area contributed by atoms with Crippen molar-refractivity contribution in [2.24, 2.45) is 0 Å². The van der Waals surface area contributed by atoms with Gasteiger partial charge in [-0.05, 0) is 56.6 Å². The zero-order chi connectivity index (χ0) is 13.8. The van der Waals surface area contributed by atoms with Crippen LogP contribution in [0.3, 0.4) is 0 Å². The highest BCUT2D eigenvalue weighted by molar-refractivity contribution is 9.10. The van der Waals surface area contributed by atoms with E-state index in [1.807, 2.05) is 36.4 Å². The van der Waals surface area contributed by atoms with Crippen LogP contribution in [0.15, 0.2) is 40.9 Å². The van der Waals surface area contributed by atoms with Crippen LogP contribution in [0.4, 0.5) is 0 Å². The Morgan fingerprint density at radius 1 is 1.17 bits per heavy atom. The summed E-state index contributed by atoms with van der Waals surface area (Å²) in [6.45, 7) is 0. The summed E-state index contributed by atoms with van der Waals surface area (Å²) >= 11 is 17.3. The van der Waals surface area contributed by atoms with E-state index in [9.17, 15) is 4.57 Å². The van der Waals surface area contributed by atoms with Crippen LogP contribution in [0, 0.1) is 11.3 Å². The van der Waals surface area contributed by atoms with Crippen LogP contribution in [-0.4, -0.2) is 0 Å². The minimum atomic E-state index is -3.22. The minimum absolute atomic E-state index is 0.686. The third-order valence-electron chi connectivity index (χ3n) is 1.94. The first kappa shape index (κ1) is 15.8. The summed E-state index contributed by atoms with van der Waals surface area (Å²) in [5.41, 5.74) is 0.686. The number of rotatable bonds is 0. The van der Waals surface area contributed by atoms with E-state index in [4.69, 9.17) is 5.26 Å². The molecule has 18 heavy (non-hydrogen) atoms. The molecular formula is C11H6BrCl3NOP. The summed E-state index contributed by atoms with van der Waals surface area (Å²) in [6.07, 6.45) is 0. The Bertz CT molecular complexity index is 642. The van der Waals surface area contributed by atoms with Gasteiger partial charge in [0.25, 0.3) is 0 Å². The van der Waals surface area contributed by atoms with Crippen LogP contribution < -0.4 is 0 Å². The smallest absolute Gasteiger partial charge is 0.271 e. The van der Waals surface area contributed by atoms with Crippen molar-refractivity contribution in [1.82, 2.24) is 0 Å². The van der Waals surface area contributed by atoms with E-state index < -0.39 is 5.20 Å². The fourth-order valence-electron chi connectivity index (χ4n) is 1.33. The van der Waals surface area contributed by atoms with Crippen molar-refractivity contribution in [3.05, 3.63) is 46.4 Å². The molecule has 0 aromatic heterocycles. The molecule has 7 heteroatoms. The van der Waals surface area contributed by atoms with Gasteiger partial charge in [0.2, 0.25) is 0 Å².